The number of amides is 1. The van der Waals surface area contributed by atoms with Gasteiger partial charge in [0.15, 0.2) is 11.5 Å². The summed E-state index contributed by atoms with van der Waals surface area (Å²) in [4.78, 5) is 25.9. The number of aliphatic hydroxyl groups excluding tert-OH is 1. The number of carbonyl (C=O) groups is 2. The fourth-order valence-electron chi connectivity index (χ4n) is 2.95. The molecule has 0 radical (unpaired) electrons. The number of phenols is 1. The van der Waals surface area contributed by atoms with E-state index < -0.39 is 17.7 Å². The van der Waals surface area contributed by atoms with Crippen molar-refractivity contribution in [1.29, 1.82) is 0 Å². The van der Waals surface area contributed by atoms with Gasteiger partial charge in [-0.25, -0.2) is 0 Å². The van der Waals surface area contributed by atoms with Gasteiger partial charge in [-0.05, 0) is 17.7 Å². The van der Waals surface area contributed by atoms with Gasteiger partial charge in [0.2, 0.25) is 0 Å². The molecule has 0 aromatic heterocycles. The van der Waals surface area contributed by atoms with Crippen LogP contribution in [0.25, 0.3) is 5.76 Å². The molecular weight excluding hydrogens is 322 g/mol. The first kappa shape index (κ1) is 16.6. The van der Waals surface area contributed by atoms with E-state index in [4.69, 9.17) is 4.74 Å². The van der Waals surface area contributed by atoms with E-state index in [2.05, 4.69) is 0 Å². The molecule has 1 atom stereocenters. The van der Waals surface area contributed by atoms with E-state index in [-0.39, 0.29) is 22.8 Å². The van der Waals surface area contributed by atoms with Crippen LogP contribution in [0.5, 0.6) is 11.5 Å². The number of benzene rings is 2. The maximum Gasteiger partial charge on any atom is 0.295 e. The third-order valence-corrected chi connectivity index (χ3v) is 4.24. The Morgan fingerprint density at radius 3 is 2.44 bits per heavy atom. The highest BCUT2D eigenvalue weighted by Gasteiger charge is 2.44. The summed E-state index contributed by atoms with van der Waals surface area (Å²) in [6.07, 6.45) is 0. The molecule has 1 heterocycles. The molecule has 1 fully saturated rings. The van der Waals surface area contributed by atoms with Gasteiger partial charge in [-0.1, -0.05) is 36.4 Å². The monoisotopic (exact) mass is 339 g/mol. The van der Waals surface area contributed by atoms with E-state index in [1.54, 1.807) is 42.5 Å². The minimum Gasteiger partial charge on any atom is -0.507 e. The maximum absolute atomic E-state index is 12.4. The molecular formula is C19H17NO5. The van der Waals surface area contributed by atoms with Crippen molar-refractivity contribution < 1.29 is 24.5 Å². The highest BCUT2D eigenvalue weighted by Crippen LogP contribution is 2.40. The van der Waals surface area contributed by atoms with Crippen LogP contribution in [0.2, 0.25) is 0 Å². The first-order valence-corrected chi connectivity index (χ1v) is 7.62. The molecule has 25 heavy (non-hydrogen) atoms. The molecule has 1 amide bonds. The number of likely N-dealkylation sites (N-methyl/N-ethyl adjacent to an activating group) is 1. The second kappa shape index (κ2) is 6.32. The highest BCUT2D eigenvalue weighted by molar-refractivity contribution is 6.46. The Morgan fingerprint density at radius 1 is 1.12 bits per heavy atom. The van der Waals surface area contributed by atoms with Crippen LogP contribution in [0.15, 0.2) is 54.1 Å². The summed E-state index contributed by atoms with van der Waals surface area (Å²) < 4.78 is 5.10. The van der Waals surface area contributed by atoms with Crippen molar-refractivity contribution in [3.05, 3.63) is 65.2 Å². The van der Waals surface area contributed by atoms with Gasteiger partial charge in [-0.2, -0.15) is 0 Å². The number of likely N-dealkylation sites (tertiary alicyclic amines) is 1. The lowest BCUT2D eigenvalue weighted by Gasteiger charge is -2.21. The van der Waals surface area contributed by atoms with E-state index in [0.29, 0.717) is 11.1 Å². The van der Waals surface area contributed by atoms with Crippen molar-refractivity contribution in [3.63, 3.8) is 0 Å². The van der Waals surface area contributed by atoms with E-state index >= 15 is 0 Å². The van der Waals surface area contributed by atoms with Crippen LogP contribution in [0.4, 0.5) is 0 Å². The predicted molar refractivity (Wildman–Crippen MR) is 91.2 cm³/mol. The minimum atomic E-state index is -0.769. The first-order chi connectivity index (χ1) is 12.0. The molecule has 0 spiro atoms. The average molecular weight is 339 g/mol. The number of aliphatic hydroxyl groups is 1. The Balaban J connectivity index is 2.19. The smallest absolute Gasteiger partial charge is 0.295 e. The van der Waals surface area contributed by atoms with E-state index in [1.807, 2.05) is 0 Å². The predicted octanol–water partition coefficient (Wildman–Crippen LogP) is 2.45. The van der Waals surface area contributed by atoms with Gasteiger partial charge >= 0.3 is 0 Å². The van der Waals surface area contributed by atoms with Crippen molar-refractivity contribution in [1.82, 2.24) is 4.90 Å². The zero-order valence-corrected chi connectivity index (χ0v) is 13.8. The summed E-state index contributed by atoms with van der Waals surface area (Å²) in [6.45, 7) is 0. The van der Waals surface area contributed by atoms with Gasteiger partial charge in [-0.3, -0.25) is 9.59 Å². The summed E-state index contributed by atoms with van der Waals surface area (Å²) >= 11 is 0. The van der Waals surface area contributed by atoms with Crippen molar-refractivity contribution >= 4 is 17.4 Å². The van der Waals surface area contributed by atoms with Crippen LogP contribution in [-0.2, 0) is 9.59 Å². The molecule has 0 bridgehead atoms. The quantitative estimate of drug-likeness (QED) is 0.509. The van der Waals surface area contributed by atoms with Crippen molar-refractivity contribution in [3.8, 4) is 11.5 Å². The summed E-state index contributed by atoms with van der Waals surface area (Å²) in [5.74, 6) is -1.52. The lowest BCUT2D eigenvalue weighted by atomic mass is 9.95. The van der Waals surface area contributed by atoms with Gasteiger partial charge in [-0.15, -0.1) is 0 Å². The standard InChI is InChI=1S/C19H17NO5/c1-20-16(12-8-9-13(21)14(10-12)25-2)15(18(23)19(20)24)17(22)11-6-4-3-5-7-11/h3-10,16,21-22H,1-2H3/b17-15+. The summed E-state index contributed by atoms with van der Waals surface area (Å²) in [6, 6.07) is 12.4. The number of hydrogen-bond donors (Lipinski definition) is 2. The number of phenolic OH excluding ortho intramolecular Hbond substituents is 1. The number of ether oxygens (including phenoxy) is 1. The Labute approximate surface area is 144 Å². The number of nitrogens with zero attached hydrogens (tertiary/aromatic N) is 1. The Morgan fingerprint density at radius 2 is 1.80 bits per heavy atom. The Hall–Kier alpha value is -3.28. The van der Waals surface area contributed by atoms with Crippen LogP contribution in [0.1, 0.15) is 17.2 Å². The highest BCUT2D eigenvalue weighted by atomic mass is 16.5. The van der Waals surface area contributed by atoms with Crippen molar-refractivity contribution in [2.45, 2.75) is 6.04 Å². The first-order valence-electron chi connectivity index (χ1n) is 7.62. The molecule has 6 nitrogen and oxygen atoms in total. The molecule has 2 aromatic rings. The maximum atomic E-state index is 12.4. The molecule has 6 heteroatoms. The molecule has 2 aromatic carbocycles. The molecule has 128 valence electrons. The molecule has 0 aliphatic carbocycles. The topological polar surface area (TPSA) is 87.1 Å². The lowest BCUT2D eigenvalue weighted by molar-refractivity contribution is -0.139. The zero-order chi connectivity index (χ0) is 18.1. The van der Waals surface area contributed by atoms with E-state index in [1.165, 1.54) is 25.1 Å². The number of methoxy groups -OCH3 is 1. The van der Waals surface area contributed by atoms with Crippen LogP contribution < -0.4 is 4.74 Å². The van der Waals surface area contributed by atoms with Gasteiger partial charge in [0.05, 0.1) is 18.7 Å². The minimum absolute atomic E-state index is 0.00597. The van der Waals surface area contributed by atoms with Crippen LogP contribution >= 0.6 is 0 Å². The second-order valence-corrected chi connectivity index (χ2v) is 5.71. The number of ketones is 1. The lowest BCUT2D eigenvalue weighted by Crippen LogP contribution is -2.24. The van der Waals surface area contributed by atoms with Gasteiger partial charge in [0, 0.05) is 12.6 Å². The van der Waals surface area contributed by atoms with E-state index in [0.717, 1.165) is 0 Å². The number of carbonyl (C=O) groups excluding carboxylic acids is 2. The fourth-order valence-corrected chi connectivity index (χ4v) is 2.95. The van der Waals surface area contributed by atoms with Gasteiger partial charge in [0.25, 0.3) is 11.7 Å². The fraction of sp³-hybridized carbons (Fsp3) is 0.158. The molecule has 1 saturated heterocycles. The summed E-state index contributed by atoms with van der Waals surface area (Å²) in [5, 5.41) is 20.4. The SMILES string of the molecule is COc1cc(C2/C(=C(\O)c3ccccc3)C(=O)C(=O)N2C)ccc1O. The molecule has 3 rings (SSSR count). The third-order valence-electron chi connectivity index (χ3n) is 4.24. The molecule has 1 aliphatic heterocycles. The number of aromatic hydroxyl groups is 1. The van der Waals surface area contributed by atoms with Crippen LogP contribution in [0, 0.1) is 0 Å². The van der Waals surface area contributed by atoms with Crippen molar-refractivity contribution in [2.75, 3.05) is 14.2 Å². The zero-order valence-electron chi connectivity index (χ0n) is 13.8. The number of Topliss-reactive ketones (excluding diaryl/α,β-unsaturated/α-hetero) is 1. The van der Waals surface area contributed by atoms with Crippen molar-refractivity contribution in [2.24, 2.45) is 0 Å². The third kappa shape index (κ3) is 2.71. The van der Waals surface area contributed by atoms with Crippen LogP contribution in [-0.4, -0.2) is 41.0 Å². The van der Waals surface area contributed by atoms with E-state index in [9.17, 15) is 19.8 Å². The molecule has 1 aliphatic rings. The van der Waals surface area contributed by atoms with Gasteiger partial charge in [0.1, 0.15) is 5.76 Å². The second-order valence-electron chi connectivity index (χ2n) is 5.71. The van der Waals surface area contributed by atoms with Crippen LogP contribution in [0.3, 0.4) is 0 Å². The molecule has 0 saturated carbocycles. The number of rotatable bonds is 3. The van der Waals surface area contributed by atoms with Gasteiger partial charge < -0.3 is 19.8 Å². The molecule has 2 N–H and O–H groups in total. The molecule has 1 unspecified atom stereocenters. The average Bonchev–Trinajstić information content (AvgIpc) is 2.86. The normalized spacial score (nSPS) is 19.3. The largest absolute Gasteiger partial charge is 0.507 e. The number of hydrogen-bond acceptors (Lipinski definition) is 5. The summed E-state index contributed by atoms with van der Waals surface area (Å²) in [5.41, 5.74) is 1.00. The Bertz CT molecular complexity index is 873. The summed E-state index contributed by atoms with van der Waals surface area (Å²) in [7, 11) is 2.90. The Kier molecular flexibility index (Phi) is 4.19.